The van der Waals surface area contributed by atoms with E-state index in [1.165, 1.54) is 6.20 Å². The highest BCUT2D eigenvalue weighted by molar-refractivity contribution is 5.95. The molecule has 0 unspecified atom stereocenters. The molecule has 1 spiro atoms. The largest absolute Gasteiger partial charge is 0.384 e. The first-order valence-electron chi connectivity index (χ1n) is 9.14. The molecule has 2 amide bonds. The average Bonchev–Trinajstić information content (AvgIpc) is 3.31. The molecule has 0 bridgehead atoms. The van der Waals surface area contributed by atoms with Gasteiger partial charge in [-0.05, 0) is 17.7 Å². The molecule has 0 radical (unpaired) electrons. The van der Waals surface area contributed by atoms with Gasteiger partial charge < -0.3 is 20.3 Å². The van der Waals surface area contributed by atoms with Crippen LogP contribution < -0.4 is 5.73 Å². The predicted octanol–water partition coefficient (Wildman–Crippen LogP) is 1.58. The van der Waals surface area contributed by atoms with Crippen LogP contribution in [0.25, 0.3) is 0 Å². The summed E-state index contributed by atoms with van der Waals surface area (Å²) < 4.78 is 6.46. The third-order valence-electron chi connectivity index (χ3n) is 5.89. The molecule has 1 aromatic carbocycles. The molecule has 5 rings (SSSR count). The number of hydrogen-bond donors (Lipinski definition) is 1. The number of amides is 2. The Balaban J connectivity index is 1.44. The van der Waals surface area contributed by atoms with Gasteiger partial charge in [0, 0.05) is 19.2 Å². The van der Waals surface area contributed by atoms with Gasteiger partial charge in [-0.15, -0.1) is 0 Å². The Kier molecular flexibility index (Phi) is 3.48. The summed E-state index contributed by atoms with van der Waals surface area (Å²) in [5.41, 5.74) is 6.43. The van der Waals surface area contributed by atoms with Crippen molar-refractivity contribution in [1.82, 2.24) is 14.8 Å². The number of pyridine rings is 1. The quantitative estimate of drug-likeness (QED) is 0.874. The summed E-state index contributed by atoms with van der Waals surface area (Å²) in [4.78, 5) is 33.3. The van der Waals surface area contributed by atoms with Crippen molar-refractivity contribution in [2.24, 2.45) is 0 Å². The monoisotopic (exact) mass is 364 g/mol. The summed E-state index contributed by atoms with van der Waals surface area (Å²) in [6.45, 7) is 1.09. The first-order chi connectivity index (χ1) is 13.1. The van der Waals surface area contributed by atoms with Crippen LogP contribution in [0.4, 0.5) is 5.82 Å². The van der Waals surface area contributed by atoms with Crippen molar-refractivity contribution in [1.29, 1.82) is 0 Å². The normalized spacial score (nSPS) is 29.1. The van der Waals surface area contributed by atoms with Crippen molar-refractivity contribution in [2.75, 3.05) is 18.8 Å². The molecule has 138 valence electrons. The van der Waals surface area contributed by atoms with E-state index in [1.807, 2.05) is 35.2 Å². The molecule has 3 aliphatic heterocycles. The van der Waals surface area contributed by atoms with Gasteiger partial charge in [0.25, 0.3) is 5.91 Å². The number of rotatable bonds is 2. The van der Waals surface area contributed by atoms with Crippen LogP contribution in [0.15, 0.2) is 48.7 Å². The highest BCUT2D eigenvalue weighted by Gasteiger charge is 2.65. The third-order valence-corrected chi connectivity index (χ3v) is 5.89. The molecule has 3 saturated heterocycles. The smallest absolute Gasteiger partial charge is 0.255 e. The van der Waals surface area contributed by atoms with Gasteiger partial charge >= 0.3 is 0 Å². The van der Waals surface area contributed by atoms with Crippen LogP contribution in [-0.4, -0.2) is 51.5 Å². The zero-order chi connectivity index (χ0) is 18.6. The lowest BCUT2D eigenvalue weighted by atomic mass is 10.1. The number of carbonyl (C=O) groups excluding carboxylic acids is 2. The van der Waals surface area contributed by atoms with Crippen LogP contribution in [0.5, 0.6) is 0 Å². The molecule has 7 nitrogen and oxygen atoms in total. The number of nitrogens with zero attached hydrogens (tertiary/aromatic N) is 3. The number of benzene rings is 1. The second-order valence-electron chi connectivity index (χ2n) is 7.31. The number of hydrogen-bond acceptors (Lipinski definition) is 5. The van der Waals surface area contributed by atoms with E-state index in [0.717, 1.165) is 5.56 Å². The molecule has 0 aliphatic carbocycles. The third kappa shape index (κ3) is 2.35. The van der Waals surface area contributed by atoms with E-state index in [9.17, 15) is 9.59 Å². The van der Waals surface area contributed by atoms with Crippen molar-refractivity contribution in [3.05, 3.63) is 59.8 Å². The maximum Gasteiger partial charge on any atom is 0.255 e. The minimum atomic E-state index is -0.714. The Morgan fingerprint density at radius 1 is 1.22 bits per heavy atom. The van der Waals surface area contributed by atoms with Crippen LogP contribution in [0.2, 0.25) is 0 Å². The predicted molar refractivity (Wildman–Crippen MR) is 97.4 cm³/mol. The van der Waals surface area contributed by atoms with E-state index in [-0.39, 0.29) is 24.0 Å². The zero-order valence-corrected chi connectivity index (χ0v) is 14.7. The fourth-order valence-corrected chi connectivity index (χ4v) is 4.61. The number of anilines is 1. The Morgan fingerprint density at radius 3 is 2.78 bits per heavy atom. The summed E-state index contributed by atoms with van der Waals surface area (Å²) in [6, 6.07) is 12.9. The molecule has 3 aliphatic rings. The lowest BCUT2D eigenvalue weighted by Gasteiger charge is -2.32. The first kappa shape index (κ1) is 16.3. The van der Waals surface area contributed by atoms with E-state index in [2.05, 4.69) is 4.98 Å². The fourth-order valence-electron chi connectivity index (χ4n) is 4.61. The maximum atomic E-state index is 13.0. The van der Waals surface area contributed by atoms with E-state index >= 15 is 0 Å². The maximum absolute atomic E-state index is 13.0. The van der Waals surface area contributed by atoms with E-state index in [0.29, 0.717) is 37.3 Å². The Labute approximate surface area is 156 Å². The van der Waals surface area contributed by atoms with E-state index in [1.54, 1.807) is 17.0 Å². The van der Waals surface area contributed by atoms with Gasteiger partial charge in [0.1, 0.15) is 11.9 Å². The Morgan fingerprint density at radius 2 is 2.04 bits per heavy atom. The molecule has 27 heavy (non-hydrogen) atoms. The molecular formula is C20H20N4O3. The second kappa shape index (κ2) is 5.79. The first-order valence-corrected chi connectivity index (χ1v) is 9.14. The highest BCUT2D eigenvalue weighted by Crippen LogP contribution is 2.50. The van der Waals surface area contributed by atoms with Gasteiger partial charge in [0.2, 0.25) is 5.91 Å². The van der Waals surface area contributed by atoms with Gasteiger partial charge in [-0.1, -0.05) is 30.3 Å². The van der Waals surface area contributed by atoms with Gasteiger partial charge in [-0.3, -0.25) is 9.59 Å². The number of ether oxygens (including phenoxy) is 1. The van der Waals surface area contributed by atoms with Gasteiger partial charge in [0.15, 0.2) is 5.72 Å². The average molecular weight is 364 g/mol. The number of carbonyl (C=O) groups is 2. The number of likely N-dealkylation sites (tertiary alicyclic amines) is 1. The van der Waals surface area contributed by atoms with Crippen LogP contribution in [0.3, 0.4) is 0 Å². The summed E-state index contributed by atoms with van der Waals surface area (Å²) in [7, 11) is 0. The Hall–Kier alpha value is -2.93. The van der Waals surface area contributed by atoms with Gasteiger partial charge in [-0.25, -0.2) is 4.98 Å². The van der Waals surface area contributed by atoms with Crippen molar-refractivity contribution in [3.63, 3.8) is 0 Å². The minimum Gasteiger partial charge on any atom is -0.384 e. The summed E-state index contributed by atoms with van der Waals surface area (Å²) in [6.07, 6.45) is 2.25. The second-order valence-corrected chi connectivity index (χ2v) is 7.31. The molecule has 7 heteroatoms. The van der Waals surface area contributed by atoms with Gasteiger partial charge in [-0.2, -0.15) is 0 Å². The number of nitrogen functional groups attached to an aromatic ring is 1. The summed E-state index contributed by atoms with van der Waals surface area (Å²) in [5.74, 6) is 0.286. The van der Waals surface area contributed by atoms with Crippen molar-refractivity contribution in [2.45, 2.75) is 30.7 Å². The van der Waals surface area contributed by atoms with Crippen molar-refractivity contribution < 1.29 is 14.3 Å². The van der Waals surface area contributed by atoms with Crippen molar-refractivity contribution >= 4 is 17.6 Å². The molecular weight excluding hydrogens is 344 g/mol. The SMILES string of the molecule is Nc1ccc(C(=O)N2CC[C@@]34O[C@H](c5ccccc5)CN3C(=O)C[C@@H]24)cn1. The lowest BCUT2D eigenvalue weighted by molar-refractivity contribution is -0.138. The Bertz CT molecular complexity index is 901. The zero-order valence-electron chi connectivity index (χ0n) is 14.7. The molecule has 1 aromatic heterocycles. The van der Waals surface area contributed by atoms with Gasteiger partial charge in [0.05, 0.1) is 24.6 Å². The summed E-state index contributed by atoms with van der Waals surface area (Å²) in [5, 5.41) is 0. The fraction of sp³-hybridized carbons (Fsp3) is 0.350. The van der Waals surface area contributed by atoms with Crippen LogP contribution in [0.1, 0.15) is 34.9 Å². The molecule has 3 atom stereocenters. The molecule has 4 heterocycles. The molecule has 2 aromatic rings. The lowest BCUT2D eigenvalue weighted by Crippen LogP contribution is -2.48. The molecule has 3 fully saturated rings. The number of nitrogens with two attached hydrogens (primary N) is 1. The standard InChI is InChI=1S/C20H20N4O3/c21-17-7-6-14(11-22-17)19(26)23-9-8-20-16(23)10-18(25)24(20)12-15(27-20)13-4-2-1-3-5-13/h1-7,11,15-16H,8-10,12H2,(H2,21,22)/t15-,16+,20-/m0/s1. The van der Waals surface area contributed by atoms with Crippen LogP contribution >= 0.6 is 0 Å². The minimum absolute atomic E-state index is 0.0476. The van der Waals surface area contributed by atoms with Crippen LogP contribution in [0, 0.1) is 0 Å². The van der Waals surface area contributed by atoms with E-state index < -0.39 is 5.72 Å². The van der Waals surface area contributed by atoms with E-state index in [4.69, 9.17) is 10.5 Å². The van der Waals surface area contributed by atoms with Crippen LogP contribution in [-0.2, 0) is 9.53 Å². The molecule has 2 N–H and O–H groups in total. The van der Waals surface area contributed by atoms with Crippen molar-refractivity contribution in [3.8, 4) is 0 Å². The topological polar surface area (TPSA) is 88.8 Å². The highest BCUT2D eigenvalue weighted by atomic mass is 16.5. The summed E-state index contributed by atoms with van der Waals surface area (Å²) >= 11 is 0. The number of aromatic nitrogens is 1. The molecule has 0 saturated carbocycles.